The smallest absolute Gasteiger partial charge is 0.414 e. The van der Waals surface area contributed by atoms with E-state index in [4.69, 9.17) is 14.2 Å². The largest absolute Gasteiger partial charge is 0.445 e. The first kappa shape index (κ1) is 28.0. The molecule has 2 amide bonds. The van der Waals surface area contributed by atoms with Gasteiger partial charge in [0, 0.05) is 50.5 Å². The standard InChI is InChI=1S/C30H48N2O6/c1-7-37-28(4)15-23(38-27(35)31-26(34)21-17-32-14-11-20(21)16-32)29(5)18(2)10-13-30(19(3)25(28)33)12-8-9-22(36-6)24(29)30/h18-24H,7-17H2,1-6H3,(H,31,34,35)/t18-,19+,20?,21+,22-,23-,24?,28-,29+,30?/m1/s1. The van der Waals surface area contributed by atoms with E-state index in [1.807, 2.05) is 13.8 Å². The maximum absolute atomic E-state index is 14.2. The number of methoxy groups -OCH3 is 1. The molecular weight excluding hydrogens is 484 g/mol. The maximum atomic E-state index is 14.2. The molecule has 0 radical (unpaired) electrons. The first-order valence-electron chi connectivity index (χ1n) is 14.9. The van der Waals surface area contributed by atoms with Crippen LogP contribution in [-0.4, -0.2) is 73.8 Å². The molecule has 5 fully saturated rings. The molecule has 1 N–H and O–H groups in total. The van der Waals surface area contributed by atoms with Crippen LogP contribution in [0.1, 0.15) is 79.6 Å². The Kier molecular flexibility index (Phi) is 7.49. The number of nitrogens with zero attached hydrogens (tertiary/aromatic N) is 1. The number of carbonyl (C=O) groups is 3. The highest BCUT2D eigenvalue weighted by molar-refractivity contribution is 5.94. The Hall–Kier alpha value is -1.51. The molecule has 5 aliphatic rings. The lowest BCUT2D eigenvalue weighted by molar-refractivity contribution is -0.232. The Bertz CT molecular complexity index is 957. The summed E-state index contributed by atoms with van der Waals surface area (Å²) in [6.45, 7) is 13.4. The van der Waals surface area contributed by atoms with Crippen molar-refractivity contribution >= 4 is 17.8 Å². The van der Waals surface area contributed by atoms with Gasteiger partial charge in [-0.1, -0.05) is 27.2 Å². The molecule has 3 saturated carbocycles. The number of imide groups is 1. The third kappa shape index (κ3) is 4.24. The van der Waals surface area contributed by atoms with Crippen LogP contribution in [0.2, 0.25) is 0 Å². The van der Waals surface area contributed by atoms with Crippen molar-refractivity contribution < 1.29 is 28.6 Å². The van der Waals surface area contributed by atoms with Crippen LogP contribution >= 0.6 is 0 Å². The summed E-state index contributed by atoms with van der Waals surface area (Å²) in [5.41, 5.74) is -1.75. The van der Waals surface area contributed by atoms with E-state index in [1.54, 1.807) is 7.11 Å². The minimum atomic E-state index is -1.07. The minimum absolute atomic E-state index is 0.0120. The molecule has 214 valence electrons. The van der Waals surface area contributed by atoms with Gasteiger partial charge in [0.05, 0.1) is 12.0 Å². The third-order valence-electron chi connectivity index (χ3n) is 11.9. The van der Waals surface area contributed by atoms with Gasteiger partial charge in [0.25, 0.3) is 0 Å². The van der Waals surface area contributed by atoms with Crippen LogP contribution in [0.15, 0.2) is 0 Å². The number of Topliss-reactive ketones (excluding diaryl/α,β-unsaturated/α-hetero) is 1. The average Bonchev–Trinajstić information content (AvgIpc) is 3.53. The predicted molar refractivity (Wildman–Crippen MR) is 142 cm³/mol. The van der Waals surface area contributed by atoms with E-state index in [0.717, 1.165) is 51.6 Å². The quantitative estimate of drug-likeness (QED) is 0.567. The fourth-order valence-electron chi connectivity index (χ4n) is 9.65. The van der Waals surface area contributed by atoms with Crippen molar-refractivity contribution in [3.05, 3.63) is 0 Å². The molecule has 0 aromatic carbocycles. The molecule has 8 nitrogen and oxygen atoms in total. The first-order chi connectivity index (χ1) is 18.0. The molecule has 4 unspecified atom stereocenters. The SMILES string of the molecule is CCO[C@]1(C)C[C@@H](OC(=O)NC(=O)[C@H]2CN3CCC2C3)[C@@]2(C)C3[C@H](OC)CCCC3(CC[C@H]2C)[C@@H](C)C1=O. The third-order valence-corrected chi connectivity index (χ3v) is 11.9. The number of hydrogen-bond donors (Lipinski definition) is 1. The van der Waals surface area contributed by atoms with Crippen LogP contribution in [0.4, 0.5) is 4.79 Å². The highest BCUT2D eigenvalue weighted by Crippen LogP contribution is 2.67. The second-order valence-corrected chi connectivity index (χ2v) is 13.4. The van der Waals surface area contributed by atoms with Crippen LogP contribution < -0.4 is 5.32 Å². The lowest BCUT2D eigenvalue weighted by atomic mass is 9.40. The summed E-state index contributed by atoms with van der Waals surface area (Å²) in [6, 6.07) is 0. The summed E-state index contributed by atoms with van der Waals surface area (Å²) in [5.74, 6) is 0.123. The van der Waals surface area contributed by atoms with Crippen molar-refractivity contribution in [3.63, 3.8) is 0 Å². The lowest BCUT2D eigenvalue weighted by Gasteiger charge is -2.66. The van der Waals surface area contributed by atoms with Gasteiger partial charge in [-0.2, -0.15) is 0 Å². The Morgan fingerprint density at radius 2 is 1.87 bits per heavy atom. The maximum Gasteiger partial charge on any atom is 0.414 e. The van der Waals surface area contributed by atoms with Gasteiger partial charge in [0.1, 0.15) is 11.7 Å². The normalized spacial score (nSPS) is 48.1. The number of nitrogens with one attached hydrogen (secondary N) is 1. The van der Waals surface area contributed by atoms with Crippen LogP contribution in [-0.2, 0) is 23.8 Å². The van der Waals surface area contributed by atoms with Gasteiger partial charge in [0.15, 0.2) is 5.78 Å². The highest BCUT2D eigenvalue weighted by Gasteiger charge is 2.67. The molecule has 3 aliphatic carbocycles. The zero-order chi connectivity index (χ0) is 27.5. The number of piperidine rings is 1. The number of carbonyl (C=O) groups excluding carboxylic acids is 3. The van der Waals surface area contributed by atoms with E-state index in [0.29, 0.717) is 19.1 Å². The van der Waals surface area contributed by atoms with E-state index in [-0.39, 0.29) is 53.3 Å². The molecule has 0 spiro atoms. The number of ether oxygens (including phenoxy) is 3. The number of amides is 2. The van der Waals surface area contributed by atoms with Gasteiger partial charge in [-0.05, 0) is 69.7 Å². The monoisotopic (exact) mass is 532 g/mol. The van der Waals surface area contributed by atoms with Crippen molar-refractivity contribution in [1.29, 1.82) is 0 Å². The summed E-state index contributed by atoms with van der Waals surface area (Å²) >= 11 is 0. The molecule has 2 saturated heterocycles. The Balaban J connectivity index is 1.50. The van der Waals surface area contributed by atoms with Crippen molar-refractivity contribution in [3.8, 4) is 0 Å². The van der Waals surface area contributed by atoms with Crippen molar-refractivity contribution in [1.82, 2.24) is 10.2 Å². The Labute approximate surface area is 227 Å². The van der Waals surface area contributed by atoms with E-state index < -0.39 is 23.2 Å². The number of hydrogen-bond acceptors (Lipinski definition) is 7. The summed E-state index contributed by atoms with van der Waals surface area (Å²) in [4.78, 5) is 43.0. The zero-order valence-electron chi connectivity index (χ0n) is 24.2. The molecule has 11 atom stereocenters. The fraction of sp³-hybridized carbons (Fsp3) is 0.900. The number of ketones is 1. The number of fused-ring (bicyclic) bond motifs is 2. The molecule has 2 aliphatic heterocycles. The Morgan fingerprint density at radius 1 is 1.11 bits per heavy atom. The molecule has 4 bridgehead atoms. The minimum Gasteiger partial charge on any atom is -0.445 e. The van der Waals surface area contributed by atoms with Crippen LogP contribution in [0.3, 0.4) is 0 Å². The summed E-state index contributed by atoms with van der Waals surface area (Å²) in [6.07, 6.45) is 4.81. The van der Waals surface area contributed by atoms with Crippen molar-refractivity contribution in [2.45, 2.75) is 97.4 Å². The van der Waals surface area contributed by atoms with Gasteiger partial charge >= 0.3 is 6.09 Å². The topological polar surface area (TPSA) is 94.2 Å². The molecule has 8 heteroatoms. The van der Waals surface area contributed by atoms with Crippen molar-refractivity contribution in [2.24, 2.45) is 40.4 Å². The molecule has 0 aromatic rings. The summed E-state index contributed by atoms with van der Waals surface area (Å²) in [5, 5.41) is 2.59. The second kappa shape index (κ2) is 10.2. The first-order valence-corrected chi connectivity index (χ1v) is 14.9. The van der Waals surface area contributed by atoms with Gasteiger partial charge in [0.2, 0.25) is 5.91 Å². The summed E-state index contributed by atoms with van der Waals surface area (Å²) < 4.78 is 18.6. The molecule has 38 heavy (non-hydrogen) atoms. The van der Waals surface area contributed by atoms with Gasteiger partial charge in [-0.3, -0.25) is 14.9 Å². The highest BCUT2D eigenvalue weighted by atomic mass is 16.6. The second-order valence-electron chi connectivity index (χ2n) is 13.4. The number of alkyl carbamates (subject to hydrolysis) is 1. The molecular formula is C30H48N2O6. The molecule has 5 rings (SSSR count). The van der Waals surface area contributed by atoms with Crippen LogP contribution in [0.5, 0.6) is 0 Å². The van der Waals surface area contributed by atoms with Crippen molar-refractivity contribution in [2.75, 3.05) is 33.4 Å². The lowest BCUT2D eigenvalue weighted by Crippen LogP contribution is -2.68. The van der Waals surface area contributed by atoms with Crippen LogP contribution in [0, 0.1) is 40.4 Å². The van der Waals surface area contributed by atoms with Gasteiger partial charge in [-0.15, -0.1) is 0 Å². The van der Waals surface area contributed by atoms with Gasteiger partial charge in [-0.25, -0.2) is 4.79 Å². The number of rotatable bonds is 5. The Morgan fingerprint density at radius 3 is 2.50 bits per heavy atom. The molecule has 0 aromatic heterocycles. The van der Waals surface area contributed by atoms with Crippen LogP contribution in [0.25, 0.3) is 0 Å². The van der Waals surface area contributed by atoms with E-state index in [9.17, 15) is 14.4 Å². The van der Waals surface area contributed by atoms with E-state index in [1.165, 1.54) is 0 Å². The zero-order valence-corrected chi connectivity index (χ0v) is 24.2. The molecule has 2 heterocycles. The average molecular weight is 533 g/mol. The summed E-state index contributed by atoms with van der Waals surface area (Å²) in [7, 11) is 1.77. The predicted octanol–water partition coefficient (Wildman–Crippen LogP) is 4.20. The van der Waals surface area contributed by atoms with Gasteiger partial charge < -0.3 is 19.1 Å². The van der Waals surface area contributed by atoms with E-state index in [2.05, 4.69) is 31.0 Å². The van der Waals surface area contributed by atoms with E-state index >= 15 is 0 Å². The fourth-order valence-corrected chi connectivity index (χ4v) is 9.65.